The average molecular weight is 274 g/mol. The lowest BCUT2D eigenvalue weighted by Crippen LogP contribution is -2.30. The van der Waals surface area contributed by atoms with Crippen LogP contribution in [0.1, 0.15) is 39.0 Å². The van der Waals surface area contributed by atoms with Crippen molar-refractivity contribution in [3.8, 4) is 0 Å². The van der Waals surface area contributed by atoms with Gasteiger partial charge in [-0.3, -0.25) is 9.59 Å². The number of unbranched alkanes of at least 4 members (excludes halogenated alkanes) is 4. The zero-order valence-electron chi connectivity index (χ0n) is 10.9. The van der Waals surface area contributed by atoms with Crippen LogP contribution in [0.15, 0.2) is 0 Å². The van der Waals surface area contributed by atoms with Crippen molar-refractivity contribution in [2.45, 2.75) is 39.0 Å². The van der Waals surface area contributed by atoms with E-state index in [9.17, 15) is 9.59 Å². The Bertz CT molecular complexity index is 280. The Balaban J connectivity index is 2.18. The summed E-state index contributed by atoms with van der Waals surface area (Å²) in [6.07, 6.45) is 5.53. The van der Waals surface area contributed by atoms with E-state index >= 15 is 0 Å². The molecular formula is C13H22O4S. The maximum Gasteiger partial charge on any atom is 0.310 e. The molecule has 1 fully saturated rings. The zero-order valence-corrected chi connectivity index (χ0v) is 11.7. The molecule has 1 heterocycles. The van der Waals surface area contributed by atoms with Gasteiger partial charge in [0, 0.05) is 11.5 Å². The smallest absolute Gasteiger partial charge is 0.310 e. The van der Waals surface area contributed by atoms with Gasteiger partial charge in [0.15, 0.2) is 0 Å². The number of carbonyl (C=O) groups is 2. The number of carboxylic acid groups (broad SMARTS) is 1. The number of hydrogen-bond donors (Lipinski definition) is 1. The van der Waals surface area contributed by atoms with Crippen LogP contribution in [0.3, 0.4) is 0 Å². The third-order valence-electron chi connectivity index (χ3n) is 3.19. The van der Waals surface area contributed by atoms with Gasteiger partial charge in [-0.25, -0.2) is 0 Å². The molecule has 1 aliphatic rings. The van der Waals surface area contributed by atoms with Crippen molar-refractivity contribution < 1.29 is 19.4 Å². The molecular weight excluding hydrogens is 252 g/mol. The Kier molecular flexibility index (Phi) is 7.16. The maximum absolute atomic E-state index is 11.8. The van der Waals surface area contributed by atoms with Crippen LogP contribution in [-0.2, 0) is 14.3 Å². The van der Waals surface area contributed by atoms with Crippen molar-refractivity contribution in [1.82, 2.24) is 0 Å². The first-order valence-electron chi connectivity index (χ1n) is 6.64. The Morgan fingerprint density at radius 2 is 1.83 bits per heavy atom. The molecule has 1 saturated heterocycles. The summed E-state index contributed by atoms with van der Waals surface area (Å²) >= 11 is 1.52. The van der Waals surface area contributed by atoms with Crippen LogP contribution in [0.4, 0.5) is 0 Å². The van der Waals surface area contributed by atoms with E-state index in [1.807, 2.05) is 0 Å². The lowest BCUT2D eigenvalue weighted by Gasteiger charge is -2.13. The number of aliphatic carboxylic acids is 1. The highest BCUT2D eigenvalue weighted by molar-refractivity contribution is 7.99. The fourth-order valence-corrected chi connectivity index (χ4v) is 3.40. The molecule has 1 rings (SSSR count). The van der Waals surface area contributed by atoms with Crippen LogP contribution in [0.2, 0.25) is 0 Å². The molecule has 18 heavy (non-hydrogen) atoms. The summed E-state index contributed by atoms with van der Waals surface area (Å²) in [7, 11) is 0. The van der Waals surface area contributed by atoms with E-state index in [0.717, 1.165) is 12.8 Å². The van der Waals surface area contributed by atoms with Crippen molar-refractivity contribution in [3.05, 3.63) is 0 Å². The molecule has 0 aromatic carbocycles. The summed E-state index contributed by atoms with van der Waals surface area (Å²) in [6, 6.07) is 0. The molecule has 0 spiro atoms. The minimum Gasteiger partial charge on any atom is -0.481 e. The molecule has 5 heteroatoms. The van der Waals surface area contributed by atoms with Crippen LogP contribution in [0.25, 0.3) is 0 Å². The SMILES string of the molecule is CCCCCCCOC(=O)C1CSCC1C(=O)O. The predicted molar refractivity (Wildman–Crippen MR) is 71.7 cm³/mol. The first kappa shape index (κ1) is 15.3. The van der Waals surface area contributed by atoms with E-state index in [0.29, 0.717) is 18.1 Å². The minimum atomic E-state index is -0.884. The van der Waals surface area contributed by atoms with Gasteiger partial charge in [-0.2, -0.15) is 11.8 Å². The zero-order chi connectivity index (χ0) is 13.4. The van der Waals surface area contributed by atoms with Gasteiger partial charge in [0.25, 0.3) is 0 Å². The van der Waals surface area contributed by atoms with Crippen molar-refractivity contribution in [1.29, 1.82) is 0 Å². The predicted octanol–water partition coefficient (Wildman–Crippen LogP) is 2.56. The van der Waals surface area contributed by atoms with Crippen LogP contribution in [0.5, 0.6) is 0 Å². The van der Waals surface area contributed by atoms with Gasteiger partial charge in [-0.15, -0.1) is 0 Å². The standard InChI is InChI=1S/C13H22O4S/c1-2-3-4-5-6-7-17-13(16)11-9-18-8-10(11)12(14)15/h10-11H,2-9H2,1H3,(H,14,15). The summed E-state index contributed by atoms with van der Waals surface area (Å²) in [4.78, 5) is 22.7. The summed E-state index contributed by atoms with van der Waals surface area (Å²) in [6.45, 7) is 2.58. The Labute approximate surface area is 112 Å². The molecule has 0 aromatic heterocycles. The van der Waals surface area contributed by atoms with E-state index < -0.39 is 17.8 Å². The third kappa shape index (κ3) is 4.88. The summed E-state index contributed by atoms with van der Waals surface area (Å²) in [5.74, 6) is -1.14. The Morgan fingerprint density at radius 1 is 1.17 bits per heavy atom. The second-order valence-electron chi connectivity index (χ2n) is 4.67. The number of rotatable bonds is 8. The van der Waals surface area contributed by atoms with E-state index in [4.69, 9.17) is 9.84 Å². The first-order valence-corrected chi connectivity index (χ1v) is 7.79. The number of ether oxygens (including phenoxy) is 1. The summed E-state index contributed by atoms with van der Waals surface area (Å²) < 4.78 is 5.17. The molecule has 2 unspecified atom stereocenters. The molecule has 4 nitrogen and oxygen atoms in total. The number of carboxylic acids is 1. The highest BCUT2D eigenvalue weighted by atomic mass is 32.2. The first-order chi connectivity index (χ1) is 8.66. The number of carbonyl (C=O) groups excluding carboxylic acids is 1. The molecule has 2 atom stereocenters. The van der Waals surface area contributed by atoms with Gasteiger partial charge in [0.1, 0.15) is 0 Å². The van der Waals surface area contributed by atoms with Gasteiger partial charge in [0.05, 0.1) is 18.4 Å². The van der Waals surface area contributed by atoms with E-state index in [-0.39, 0.29) is 5.97 Å². The van der Waals surface area contributed by atoms with Crippen molar-refractivity contribution in [2.24, 2.45) is 11.8 Å². The van der Waals surface area contributed by atoms with E-state index in [1.165, 1.54) is 31.0 Å². The van der Waals surface area contributed by atoms with Gasteiger partial charge < -0.3 is 9.84 Å². The van der Waals surface area contributed by atoms with Crippen molar-refractivity contribution >= 4 is 23.7 Å². The van der Waals surface area contributed by atoms with Crippen LogP contribution < -0.4 is 0 Å². The van der Waals surface area contributed by atoms with E-state index in [1.54, 1.807) is 0 Å². The molecule has 0 aromatic rings. The Morgan fingerprint density at radius 3 is 2.50 bits per heavy atom. The van der Waals surface area contributed by atoms with Gasteiger partial charge in [-0.1, -0.05) is 32.6 Å². The molecule has 0 amide bonds. The quantitative estimate of drug-likeness (QED) is 0.544. The number of thioether (sulfide) groups is 1. The maximum atomic E-state index is 11.8. The van der Waals surface area contributed by atoms with Crippen molar-refractivity contribution in [2.75, 3.05) is 18.1 Å². The van der Waals surface area contributed by atoms with Crippen LogP contribution in [0, 0.1) is 11.8 Å². The fourth-order valence-electron chi connectivity index (χ4n) is 2.02. The van der Waals surface area contributed by atoms with Crippen molar-refractivity contribution in [3.63, 3.8) is 0 Å². The molecule has 104 valence electrons. The molecule has 0 radical (unpaired) electrons. The van der Waals surface area contributed by atoms with E-state index in [2.05, 4.69) is 6.92 Å². The largest absolute Gasteiger partial charge is 0.481 e. The lowest BCUT2D eigenvalue weighted by atomic mass is 9.96. The molecule has 1 aliphatic heterocycles. The second-order valence-corrected chi connectivity index (χ2v) is 5.75. The molecule has 0 bridgehead atoms. The van der Waals surface area contributed by atoms with Crippen LogP contribution >= 0.6 is 11.8 Å². The molecule has 1 N–H and O–H groups in total. The Hall–Kier alpha value is -0.710. The van der Waals surface area contributed by atoms with Gasteiger partial charge in [0.2, 0.25) is 0 Å². The number of hydrogen-bond acceptors (Lipinski definition) is 4. The monoisotopic (exact) mass is 274 g/mol. The summed E-state index contributed by atoms with van der Waals surface area (Å²) in [5.41, 5.74) is 0. The summed E-state index contributed by atoms with van der Waals surface area (Å²) in [5, 5.41) is 8.98. The topological polar surface area (TPSA) is 63.6 Å². The second kappa shape index (κ2) is 8.40. The average Bonchev–Trinajstić information content (AvgIpc) is 2.82. The highest BCUT2D eigenvalue weighted by Gasteiger charge is 2.39. The third-order valence-corrected chi connectivity index (χ3v) is 4.38. The molecule has 0 saturated carbocycles. The highest BCUT2D eigenvalue weighted by Crippen LogP contribution is 2.31. The minimum absolute atomic E-state index is 0.331. The van der Waals surface area contributed by atoms with Crippen LogP contribution in [-0.4, -0.2) is 35.2 Å². The lowest BCUT2D eigenvalue weighted by molar-refractivity contribution is -0.155. The van der Waals surface area contributed by atoms with Gasteiger partial charge in [-0.05, 0) is 6.42 Å². The fraction of sp³-hybridized carbons (Fsp3) is 0.846. The van der Waals surface area contributed by atoms with Gasteiger partial charge >= 0.3 is 11.9 Å². The number of esters is 1. The molecule has 0 aliphatic carbocycles. The normalized spacial score (nSPS) is 22.9.